The summed E-state index contributed by atoms with van der Waals surface area (Å²) >= 11 is 0. The van der Waals surface area contributed by atoms with Gasteiger partial charge in [0.25, 0.3) is 5.91 Å². The fourth-order valence-corrected chi connectivity index (χ4v) is 2.59. The normalized spacial score (nSPS) is 12.5. The Kier molecular flexibility index (Phi) is 5.78. The number of hydrogen-bond donors (Lipinski definition) is 1. The zero-order valence-electron chi connectivity index (χ0n) is 15.2. The van der Waals surface area contributed by atoms with Gasteiger partial charge < -0.3 is 10.0 Å². The van der Waals surface area contributed by atoms with Crippen LogP contribution in [0.3, 0.4) is 0 Å². The molecule has 0 aliphatic heterocycles. The molecule has 0 bridgehead atoms. The van der Waals surface area contributed by atoms with Gasteiger partial charge in [-0.15, -0.1) is 0 Å². The van der Waals surface area contributed by atoms with E-state index in [2.05, 4.69) is 18.9 Å². The van der Waals surface area contributed by atoms with E-state index in [1.165, 1.54) is 0 Å². The Hall–Kier alpha value is -2.14. The first kappa shape index (κ1) is 18.2. The molecule has 1 heterocycles. The van der Waals surface area contributed by atoms with Gasteiger partial charge in [0.1, 0.15) is 5.69 Å². The van der Waals surface area contributed by atoms with E-state index in [9.17, 15) is 9.90 Å². The number of likely N-dealkylation sites (N-methyl/N-ethyl adjacent to an activating group) is 1. The van der Waals surface area contributed by atoms with Crippen LogP contribution in [0.2, 0.25) is 0 Å². The van der Waals surface area contributed by atoms with Crippen LogP contribution < -0.4 is 0 Å². The minimum Gasteiger partial charge on any atom is -0.387 e. The van der Waals surface area contributed by atoms with Gasteiger partial charge in [0.2, 0.25) is 0 Å². The van der Waals surface area contributed by atoms with Crippen molar-refractivity contribution in [2.75, 3.05) is 13.1 Å². The topological polar surface area (TPSA) is 58.4 Å². The van der Waals surface area contributed by atoms with Gasteiger partial charge in [0.15, 0.2) is 0 Å². The summed E-state index contributed by atoms with van der Waals surface area (Å²) in [5.41, 5.74) is 3.41. The number of aromatic nitrogens is 2. The molecule has 1 aromatic heterocycles. The zero-order valence-corrected chi connectivity index (χ0v) is 15.2. The van der Waals surface area contributed by atoms with E-state index in [0.29, 0.717) is 12.2 Å². The smallest absolute Gasteiger partial charge is 0.272 e. The van der Waals surface area contributed by atoms with Gasteiger partial charge >= 0.3 is 0 Å². The van der Waals surface area contributed by atoms with Gasteiger partial charge in [-0.2, -0.15) is 5.10 Å². The van der Waals surface area contributed by atoms with Gasteiger partial charge in [-0.1, -0.05) is 43.7 Å². The Labute approximate surface area is 143 Å². The highest BCUT2D eigenvalue weighted by Crippen LogP contribution is 2.18. The highest BCUT2D eigenvalue weighted by atomic mass is 16.3. The highest BCUT2D eigenvalue weighted by Gasteiger charge is 2.22. The van der Waals surface area contributed by atoms with Crippen molar-refractivity contribution in [2.24, 2.45) is 7.05 Å². The molecule has 2 rings (SSSR count). The van der Waals surface area contributed by atoms with Crippen LogP contribution in [0.25, 0.3) is 0 Å². The first-order valence-electron chi connectivity index (χ1n) is 8.41. The van der Waals surface area contributed by atoms with E-state index in [4.69, 9.17) is 0 Å². The summed E-state index contributed by atoms with van der Waals surface area (Å²) in [5.74, 6) is 0.163. The van der Waals surface area contributed by atoms with Crippen molar-refractivity contribution in [2.45, 2.75) is 39.7 Å². The Morgan fingerprint density at radius 3 is 2.42 bits per heavy atom. The summed E-state index contributed by atoms with van der Waals surface area (Å²) in [5, 5.41) is 14.9. The molecule has 0 aliphatic rings. The number of hydrogen-bond acceptors (Lipinski definition) is 3. The molecule has 1 atom stereocenters. The second-order valence-corrected chi connectivity index (χ2v) is 6.50. The zero-order chi connectivity index (χ0) is 17.9. The van der Waals surface area contributed by atoms with Gasteiger partial charge in [-0.3, -0.25) is 9.48 Å². The van der Waals surface area contributed by atoms with Crippen molar-refractivity contribution in [3.05, 3.63) is 52.8 Å². The molecule has 0 saturated heterocycles. The molecule has 0 fully saturated rings. The van der Waals surface area contributed by atoms with Crippen LogP contribution in [-0.4, -0.2) is 38.8 Å². The summed E-state index contributed by atoms with van der Waals surface area (Å²) in [7, 11) is 1.78. The van der Waals surface area contributed by atoms with E-state index in [-0.39, 0.29) is 18.4 Å². The third kappa shape index (κ3) is 4.03. The quantitative estimate of drug-likeness (QED) is 0.886. The number of carbonyl (C=O) groups is 1. The first-order valence-corrected chi connectivity index (χ1v) is 8.41. The van der Waals surface area contributed by atoms with Gasteiger partial charge in [0.05, 0.1) is 18.3 Å². The van der Waals surface area contributed by atoms with Crippen LogP contribution in [-0.2, 0) is 7.05 Å². The number of amides is 1. The minimum atomic E-state index is -0.702. The summed E-state index contributed by atoms with van der Waals surface area (Å²) in [6.45, 7) is 8.82. The van der Waals surface area contributed by atoms with E-state index in [1.807, 2.05) is 44.2 Å². The van der Waals surface area contributed by atoms with Crippen LogP contribution in [0, 0.1) is 6.92 Å². The maximum absolute atomic E-state index is 12.8. The first-order chi connectivity index (χ1) is 11.3. The summed E-state index contributed by atoms with van der Waals surface area (Å²) in [6, 6.07) is 9.58. The molecule has 1 amide bonds. The van der Waals surface area contributed by atoms with E-state index in [1.54, 1.807) is 16.6 Å². The average Bonchev–Trinajstić information content (AvgIpc) is 2.94. The summed E-state index contributed by atoms with van der Waals surface area (Å²) < 4.78 is 1.62. The molecule has 0 spiro atoms. The third-order valence-corrected chi connectivity index (χ3v) is 4.23. The largest absolute Gasteiger partial charge is 0.387 e. The SMILES string of the molecule is CCN(CC(O)c1ccc(C)cc1)C(=O)c1cc(C(C)C)nn1C. The predicted molar refractivity (Wildman–Crippen MR) is 95.0 cm³/mol. The standard InChI is InChI=1S/C19H27N3O2/c1-6-22(12-18(23)15-9-7-14(4)8-10-15)19(24)17-11-16(13(2)3)20-21(17)5/h7-11,13,18,23H,6,12H2,1-5H3. The Balaban J connectivity index is 2.15. The molecule has 1 aromatic carbocycles. The van der Waals surface area contributed by atoms with Crippen LogP contribution in [0.15, 0.2) is 30.3 Å². The molecular formula is C19H27N3O2. The lowest BCUT2D eigenvalue weighted by atomic mass is 10.1. The molecule has 130 valence electrons. The predicted octanol–water partition coefficient (Wildman–Crippen LogP) is 3.05. The van der Waals surface area contributed by atoms with Crippen molar-refractivity contribution in [1.82, 2.24) is 14.7 Å². The molecular weight excluding hydrogens is 302 g/mol. The lowest BCUT2D eigenvalue weighted by Gasteiger charge is -2.24. The molecule has 5 heteroatoms. The lowest BCUT2D eigenvalue weighted by Crippen LogP contribution is -2.35. The molecule has 24 heavy (non-hydrogen) atoms. The van der Waals surface area contributed by atoms with Crippen LogP contribution in [0.4, 0.5) is 0 Å². The van der Waals surface area contributed by atoms with Gasteiger partial charge in [-0.25, -0.2) is 0 Å². The third-order valence-electron chi connectivity index (χ3n) is 4.23. The second kappa shape index (κ2) is 7.62. The van der Waals surface area contributed by atoms with Crippen LogP contribution >= 0.6 is 0 Å². The van der Waals surface area contributed by atoms with Crippen molar-refractivity contribution in [3.63, 3.8) is 0 Å². The minimum absolute atomic E-state index is 0.106. The number of benzene rings is 1. The monoisotopic (exact) mass is 329 g/mol. The molecule has 2 aromatic rings. The van der Waals surface area contributed by atoms with E-state index >= 15 is 0 Å². The van der Waals surface area contributed by atoms with Gasteiger partial charge in [-0.05, 0) is 31.4 Å². The van der Waals surface area contributed by atoms with E-state index < -0.39 is 6.10 Å². The average molecular weight is 329 g/mol. The number of rotatable bonds is 6. The van der Waals surface area contributed by atoms with Crippen molar-refractivity contribution in [3.8, 4) is 0 Å². The molecule has 0 aliphatic carbocycles. The van der Waals surface area contributed by atoms with Crippen molar-refractivity contribution < 1.29 is 9.90 Å². The maximum Gasteiger partial charge on any atom is 0.272 e. The number of nitrogens with zero attached hydrogens (tertiary/aromatic N) is 3. The molecule has 0 radical (unpaired) electrons. The lowest BCUT2D eigenvalue weighted by molar-refractivity contribution is 0.0624. The highest BCUT2D eigenvalue weighted by molar-refractivity contribution is 5.92. The molecule has 5 nitrogen and oxygen atoms in total. The Morgan fingerprint density at radius 2 is 1.92 bits per heavy atom. The Morgan fingerprint density at radius 1 is 1.29 bits per heavy atom. The van der Waals surface area contributed by atoms with Crippen LogP contribution in [0.1, 0.15) is 60.1 Å². The fraction of sp³-hybridized carbons (Fsp3) is 0.474. The second-order valence-electron chi connectivity index (χ2n) is 6.50. The van der Waals surface area contributed by atoms with Gasteiger partial charge in [0, 0.05) is 13.6 Å². The molecule has 1 N–H and O–H groups in total. The summed E-state index contributed by atoms with van der Waals surface area (Å²) in [6.07, 6.45) is -0.702. The number of aryl methyl sites for hydroxylation is 2. The number of carbonyl (C=O) groups excluding carboxylic acids is 1. The Bertz CT molecular complexity index is 689. The number of aliphatic hydroxyl groups is 1. The summed E-state index contributed by atoms with van der Waals surface area (Å²) in [4.78, 5) is 14.5. The number of aliphatic hydroxyl groups excluding tert-OH is 1. The maximum atomic E-state index is 12.8. The van der Waals surface area contributed by atoms with E-state index in [0.717, 1.165) is 16.8 Å². The van der Waals surface area contributed by atoms with Crippen LogP contribution in [0.5, 0.6) is 0 Å². The van der Waals surface area contributed by atoms with Crippen molar-refractivity contribution >= 4 is 5.91 Å². The van der Waals surface area contributed by atoms with Crippen molar-refractivity contribution in [1.29, 1.82) is 0 Å². The molecule has 1 unspecified atom stereocenters. The fourth-order valence-electron chi connectivity index (χ4n) is 2.59. The molecule has 0 saturated carbocycles.